The molecule has 3 rings (SSSR count). The zero-order chi connectivity index (χ0) is 11.6. The molecule has 0 saturated carbocycles. The molecule has 0 bridgehead atoms. The fourth-order valence-electron chi connectivity index (χ4n) is 2.26. The summed E-state index contributed by atoms with van der Waals surface area (Å²) in [6.45, 7) is 0. The smallest absolute Gasteiger partial charge is 0.298 e. The number of benzene rings is 1. The van der Waals surface area contributed by atoms with E-state index in [0.717, 1.165) is 0 Å². The standard InChI is InChI=1S/C9H9FN2O3S/c10-9-7-4-2-1-3-6(7)5-8(9,11)15-16(13,14)12-9/h1-4,12H,5,11H2. The van der Waals surface area contributed by atoms with E-state index in [1.807, 2.05) is 4.72 Å². The first kappa shape index (κ1) is 10.2. The molecule has 7 heteroatoms. The van der Waals surface area contributed by atoms with Crippen LogP contribution in [-0.4, -0.2) is 14.1 Å². The first-order valence-corrected chi connectivity index (χ1v) is 6.08. The maximum absolute atomic E-state index is 14.6. The molecule has 0 spiro atoms. The van der Waals surface area contributed by atoms with Gasteiger partial charge in [0.1, 0.15) is 0 Å². The number of halogens is 1. The number of rotatable bonds is 0. The van der Waals surface area contributed by atoms with Crippen LogP contribution in [0.1, 0.15) is 11.1 Å². The highest BCUT2D eigenvalue weighted by molar-refractivity contribution is 7.85. The van der Waals surface area contributed by atoms with Crippen LogP contribution < -0.4 is 10.5 Å². The van der Waals surface area contributed by atoms with Crippen LogP contribution in [0.4, 0.5) is 4.39 Å². The highest BCUT2D eigenvalue weighted by Gasteiger charge is 2.67. The fraction of sp³-hybridized carbons (Fsp3) is 0.333. The van der Waals surface area contributed by atoms with Crippen LogP contribution in [0.15, 0.2) is 24.3 Å². The van der Waals surface area contributed by atoms with Gasteiger partial charge >= 0.3 is 10.3 Å². The second-order valence-electron chi connectivity index (χ2n) is 4.02. The third-order valence-corrected chi connectivity index (χ3v) is 4.00. The van der Waals surface area contributed by atoms with Crippen LogP contribution in [0.5, 0.6) is 0 Å². The van der Waals surface area contributed by atoms with E-state index in [4.69, 9.17) is 5.73 Å². The van der Waals surface area contributed by atoms with E-state index in [1.165, 1.54) is 6.07 Å². The van der Waals surface area contributed by atoms with Gasteiger partial charge < -0.3 is 0 Å². The predicted octanol–water partition coefficient (Wildman–Crippen LogP) is -0.115. The van der Waals surface area contributed by atoms with Crippen molar-refractivity contribution in [1.82, 2.24) is 4.72 Å². The first-order chi connectivity index (χ1) is 7.36. The largest absolute Gasteiger partial charge is 0.340 e. The molecule has 1 aromatic carbocycles. The summed E-state index contributed by atoms with van der Waals surface area (Å²) >= 11 is 0. The van der Waals surface area contributed by atoms with Crippen molar-refractivity contribution in [3.8, 4) is 0 Å². The lowest BCUT2D eigenvalue weighted by atomic mass is 10.0. The molecule has 1 saturated heterocycles. The topological polar surface area (TPSA) is 81.4 Å². The number of fused-ring (bicyclic) bond motifs is 3. The molecule has 86 valence electrons. The number of nitrogens with two attached hydrogens (primary N) is 1. The van der Waals surface area contributed by atoms with Crippen molar-refractivity contribution in [2.75, 3.05) is 0 Å². The minimum atomic E-state index is -4.12. The molecule has 1 aromatic rings. The van der Waals surface area contributed by atoms with Gasteiger partial charge in [-0.25, -0.2) is 8.57 Å². The molecule has 0 amide bonds. The van der Waals surface area contributed by atoms with Gasteiger partial charge in [0.2, 0.25) is 5.79 Å². The Morgan fingerprint density at radius 2 is 2.12 bits per heavy atom. The minimum Gasteiger partial charge on any atom is -0.298 e. The summed E-state index contributed by atoms with van der Waals surface area (Å²) in [6, 6.07) is 6.56. The Morgan fingerprint density at radius 1 is 1.44 bits per heavy atom. The van der Waals surface area contributed by atoms with Crippen molar-refractivity contribution in [2.45, 2.75) is 17.9 Å². The molecule has 0 radical (unpaired) electrons. The van der Waals surface area contributed by atoms with Crippen LogP contribution in [0.2, 0.25) is 0 Å². The molecule has 1 fully saturated rings. The van der Waals surface area contributed by atoms with Gasteiger partial charge in [-0.15, -0.1) is 4.72 Å². The predicted molar refractivity (Wildman–Crippen MR) is 53.0 cm³/mol. The highest BCUT2D eigenvalue weighted by atomic mass is 32.2. The van der Waals surface area contributed by atoms with Gasteiger partial charge in [0.05, 0.1) is 0 Å². The average molecular weight is 244 g/mol. The Balaban J connectivity index is 2.25. The van der Waals surface area contributed by atoms with Crippen LogP contribution in [0.3, 0.4) is 0 Å². The van der Waals surface area contributed by atoms with Gasteiger partial charge in [-0.3, -0.25) is 5.73 Å². The van der Waals surface area contributed by atoms with Crippen molar-refractivity contribution in [3.63, 3.8) is 0 Å². The lowest BCUT2D eigenvalue weighted by molar-refractivity contribution is -0.0400. The molecule has 2 atom stereocenters. The third kappa shape index (κ3) is 1.06. The molecule has 1 aliphatic heterocycles. The van der Waals surface area contributed by atoms with E-state index >= 15 is 0 Å². The Labute approximate surface area is 91.7 Å². The second-order valence-corrected chi connectivity index (χ2v) is 5.30. The van der Waals surface area contributed by atoms with Crippen molar-refractivity contribution in [3.05, 3.63) is 35.4 Å². The number of hydrogen-bond donors (Lipinski definition) is 2. The second kappa shape index (κ2) is 2.62. The van der Waals surface area contributed by atoms with Crippen LogP contribution >= 0.6 is 0 Å². The van der Waals surface area contributed by atoms with Gasteiger partial charge in [-0.05, 0) is 5.56 Å². The Hall–Kier alpha value is -1.02. The van der Waals surface area contributed by atoms with Gasteiger partial charge in [0.25, 0.3) is 0 Å². The number of alkyl halides is 1. The summed E-state index contributed by atoms with van der Waals surface area (Å²) in [6.07, 6.45) is 0.0197. The molecule has 0 aromatic heterocycles. The Kier molecular flexibility index (Phi) is 1.66. The first-order valence-electron chi connectivity index (χ1n) is 4.67. The van der Waals surface area contributed by atoms with Crippen molar-refractivity contribution >= 4 is 10.3 Å². The maximum atomic E-state index is 14.6. The summed E-state index contributed by atoms with van der Waals surface area (Å²) in [5, 5.41) is 0. The normalized spacial score (nSPS) is 39.4. The Bertz CT molecular complexity index is 576. The van der Waals surface area contributed by atoms with Crippen molar-refractivity contribution in [1.29, 1.82) is 0 Å². The SMILES string of the molecule is NC12Cc3ccccc3C1(F)NS(=O)(=O)O2. The van der Waals surface area contributed by atoms with E-state index in [2.05, 4.69) is 4.18 Å². The van der Waals surface area contributed by atoms with Gasteiger partial charge in [0.15, 0.2) is 5.72 Å². The summed E-state index contributed by atoms with van der Waals surface area (Å²) < 4.78 is 43.5. The molecule has 3 N–H and O–H groups in total. The van der Waals surface area contributed by atoms with Crippen LogP contribution in [-0.2, 0) is 26.7 Å². The molecule has 5 nitrogen and oxygen atoms in total. The summed E-state index contributed by atoms with van der Waals surface area (Å²) in [5.41, 5.74) is 4.68. The zero-order valence-corrected chi connectivity index (χ0v) is 8.92. The minimum absolute atomic E-state index is 0.0197. The lowest BCUT2D eigenvalue weighted by Crippen LogP contribution is -2.54. The summed E-state index contributed by atoms with van der Waals surface area (Å²) in [4.78, 5) is 0. The van der Waals surface area contributed by atoms with Crippen LogP contribution in [0, 0.1) is 0 Å². The van der Waals surface area contributed by atoms with Crippen LogP contribution in [0.25, 0.3) is 0 Å². The lowest BCUT2D eigenvalue weighted by Gasteiger charge is -2.25. The van der Waals surface area contributed by atoms with Gasteiger partial charge in [-0.2, -0.15) is 8.42 Å². The highest BCUT2D eigenvalue weighted by Crippen LogP contribution is 2.49. The third-order valence-electron chi connectivity index (χ3n) is 2.95. The van der Waals surface area contributed by atoms with Gasteiger partial charge in [-0.1, -0.05) is 24.3 Å². The molecule has 2 unspecified atom stereocenters. The van der Waals surface area contributed by atoms with Gasteiger partial charge in [0, 0.05) is 12.0 Å². The van der Waals surface area contributed by atoms with Crippen molar-refractivity contribution < 1.29 is 17.0 Å². The number of nitrogens with one attached hydrogen (secondary N) is 1. The average Bonchev–Trinajstić information content (AvgIpc) is 2.44. The quantitative estimate of drug-likeness (QED) is 0.624. The van der Waals surface area contributed by atoms with Crippen molar-refractivity contribution in [2.24, 2.45) is 5.73 Å². The maximum Gasteiger partial charge on any atom is 0.340 e. The van der Waals surface area contributed by atoms with E-state index in [9.17, 15) is 12.8 Å². The summed E-state index contributed by atoms with van der Waals surface area (Å²) in [5.74, 6) is -2.37. The monoisotopic (exact) mass is 244 g/mol. The van der Waals surface area contributed by atoms with E-state index in [0.29, 0.717) is 5.56 Å². The fourth-order valence-corrected chi connectivity index (χ4v) is 3.49. The summed E-state index contributed by atoms with van der Waals surface area (Å²) in [7, 11) is -4.12. The molecular formula is C9H9FN2O3S. The molecule has 16 heavy (non-hydrogen) atoms. The number of hydrogen-bond acceptors (Lipinski definition) is 4. The molecule has 1 heterocycles. The van der Waals surface area contributed by atoms with E-state index in [1.54, 1.807) is 18.2 Å². The molecular weight excluding hydrogens is 235 g/mol. The molecule has 2 aliphatic rings. The van der Waals surface area contributed by atoms with E-state index in [-0.39, 0.29) is 12.0 Å². The Morgan fingerprint density at radius 3 is 2.88 bits per heavy atom. The van der Waals surface area contributed by atoms with E-state index < -0.39 is 21.8 Å². The zero-order valence-electron chi connectivity index (χ0n) is 8.10. The molecule has 1 aliphatic carbocycles.